The molecule has 1 heterocycles. The summed E-state index contributed by atoms with van der Waals surface area (Å²) in [6.07, 6.45) is 5.00. The van der Waals surface area contributed by atoms with Crippen molar-refractivity contribution in [1.29, 1.82) is 0 Å². The summed E-state index contributed by atoms with van der Waals surface area (Å²) >= 11 is 5.88. The lowest BCUT2D eigenvalue weighted by molar-refractivity contribution is 0.208. The van der Waals surface area contributed by atoms with E-state index in [0.29, 0.717) is 0 Å². The van der Waals surface area contributed by atoms with Crippen molar-refractivity contribution in [1.82, 2.24) is 15.1 Å². The van der Waals surface area contributed by atoms with Crippen LogP contribution in [-0.4, -0.2) is 47.6 Å². The molecule has 4 rings (SSSR count). The van der Waals surface area contributed by atoms with Crippen molar-refractivity contribution in [2.24, 2.45) is 0 Å². The first-order valence-electron chi connectivity index (χ1n) is 11.6. The monoisotopic (exact) mass is 431 g/mol. The second kappa shape index (κ2) is 11.3. The normalized spacial score (nSPS) is 14.5. The Bertz CT molecular complexity index is 961. The molecule has 162 valence electrons. The molecule has 1 saturated heterocycles. The molecule has 3 aromatic rings. The molecule has 0 aliphatic carbocycles. The van der Waals surface area contributed by atoms with Crippen LogP contribution in [0.5, 0.6) is 0 Å². The number of nitrogens with one attached hydrogen (secondary N) is 1. The zero-order valence-electron chi connectivity index (χ0n) is 18.3. The highest BCUT2D eigenvalue weighted by atomic mass is 32.1. The number of hydrogen-bond donors (Lipinski definition) is 1. The van der Waals surface area contributed by atoms with Gasteiger partial charge < -0.3 is 15.1 Å². The van der Waals surface area contributed by atoms with Crippen molar-refractivity contribution in [3.8, 4) is 0 Å². The number of likely N-dealkylation sites (tertiary alicyclic amines) is 1. The van der Waals surface area contributed by atoms with Crippen molar-refractivity contribution in [3.05, 3.63) is 83.9 Å². The lowest BCUT2D eigenvalue weighted by Gasteiger charge is -2.32. The highest BCUT2D eigenvalue weighted by Gasteiger charge is 2.15. The molecule has 0 atom stereocenters. The molecule has 0 bridgehead atoms. The molecule has 0 saturated carbocycles. The Morgan fingerprint density at radius 1 is 0.871 bits per heavy atom. The second-order valence-corrected chi connectivity index (χ2v) is 8.82. The third-order valence-electron chi connectivity index (χ3n) is 6.20. The van der Waals surface area contributed by atoms with Gasteiger partial charge in [0.25, 0.3) is 0 Å². The number of piperidine rings is 1. The predicted octanol–water partition coefficient (Wildman–Crippen LogP) is 5.24. The van der Waals surface area contributed by atoms with Crippen molar-refractivity contribution in [3.63, 3.8) is 0 Å². The summed E-state index contributed by atoms with van der Waals surface area (Å²) in [6, 6.07) is 25.8. The highest BCUT2D eigenvalue weighted by molar-refractivity contribution is 7.80. The van der Waals surface area contributed by atoms with Crippen LogP contribution in [0.25, 0.3) is 10.8 Å². The lowest BCUT2D eigenvalue weighted by atomic mass is 10.0. The van der Waals surface area contributed by atoms with Gasteiger partial charge >= 0.3 is 0 Å². The zero-order chi connectivity index (χ0) is 21.3. The SMILES string of the molecule is S=C(NCCc1ccccc1)N(CCN1CCCCC1)Cc1cccc2ccccc12. The van der Waals surface area contributed by atoms with Gasteiger partial charge in [0.2, 0.25) is 0 Å². The summed E-state index contributed by atoms with van der Waals surface area (Å²) in [5, 5.41) is 7.00. The first kappa shape index (κ1) is 21.8. The van der Waals surface area contributed by atoms with Gasteiger partial charge in [0.05, 0.1) is 0 Å². The quantitative estimate of drug-likeness (QED) is 0.491. The first-order chi connectivity index (χ1) is 15.3. The van der Waals surface area contributed by atoms with Crippen molar-refractivity contribution in [2.75, 3.05) is 32.7 Å². The molecule has 0 aromatic heterocycles. The molecule has 1 fully saturated rings. The van der Waals surface area contributed by atoms with Gasteiger partial charge in [-0.1, -0.05) is 79.2 Å². The second-order valence-electron chi connectivity index (χ2n) is 8.43. The fourth-order valence-electron chi connectivity index (χ4n) is 4.40. The van der Waals surface area contributed by atoms with Crippen LogP contribution < -0.4 is 5.32 Å². The highest BCUT2D eigenvalue weighted by Crippen LogP contribution is 2.20. The summed E-state index contributed by atoms with van der Waals surface area (Å²) in [6.45, 7) is 6.17. The molecule has 3 aromatic carbocycles. The van der Waals surface area contributed by atoms with Crippen LogP contribution in [0.2, 0.25) is 0 Å². The van der Waals surface area contributed by atoms with Crippen LogP contribution in [0.3, 0.4) is 0 Å². The van der Waals surface area contributed by atoms with E-state index >= 15 is 0 Å². The molecule has 1 aliphatic heterocycles. The maximum absolute atomic E-state index is 5.88. The van der Waals surface area contributed by atoms with Crippen molar-refractivity contribution in [2.45, 2.75) is 32.2 Å². The molecule has 0 spiro atoms. The third kappa shape index (κ3) is 6.28. The lowest BCUT2D eigenvalue weighted by Crippen LogP contribution is -2.44. The molecule has 0 unspecified atom stereocenters. The minimum Gasteiger partial charge on any atom is -0.362 e. The Hall–Kier alpha value is -2.43. The van der Waals surface area contributed by atoms with Gasteiger partial charge in [-0.05, 0) is 66.5 Å². The van der Waals surface area contributed by atoms with E-state index < -0.39 is 0 Å². The van der Waals surface area contributed by atoms with Crippen LogP contribution >= 0.6 is 12.2 Å². The maximum Gasteiger partial charge on any atom is 0.169 e. The van der Waals surface area contributed by atoms with E-state index in [1.807, 2.05) is 0 Å². The largest absolute Gasteiger partial charge is 0.362 e. The van der Waals surface area contributed by atoms with Crippen molar-refractivity contribution < 1.29 is 0 Å². The summed E-state index contributed by atoms with van der Waals surface area (Å²) in [7, 11) is 0. The summed E-state index contributed by atoms with van der Waals surface area (Å²) in [4.78, 5) is 4.95. The van der Waals surface area contributed by atoms with Crippen molar-refractivity contribution >= 4 is 28.1 Å². The number of fused-ring (bicyclic) bond motifs is 1. The Labute approximate surface area is 192 Å². The fraction of sp³-hybridized carbons (Fsp3) is 0.370. The molecule has 1 aliphatic rings. The fourth-order valence-corrected chi connectivity index (χ4v) is 4.66. The smallest absolute Gasteiger partial charge is 0.169 e. The molecular formula is C27H33N3S. The zero-order valence-corrected chi connectivity index (χ0v) is 19.1. The van der Waals surface area contributed by atoms with Crippen LogP contribution in [0, 0.1) is 0 Å². The van der Waals surface area contributed by atoms with Gasteiger partial charge in [-0.3, -0.25) is 0 Å². The summed E-state index contributed by atoms with van der Waals surface area (Å²) in [5.74, 6) is 0. The number of hydrogen-bond acceptors (Lipinski definition) is 2. The molecule has 4 heteroatoms. The molecule has 0 amide bonds. The number of rotatable bonds is 8. The molecule has 0 radical (unpaired) electrons. The van der Waals surface area contributed by atoms with Crippen LogP contribution in [0.15, 0.2) is 72.8 Å². The number of benzene rings is 3. The van der Waals surface area contributed by atoms with Gasteiger partial charge in [0.15, 0.2) is 5.11 Å². The Morgan fingerprint density at radius 3 is 2.45 bits per heavy atom. The average Bonchev–Trinajstić information content (AvgIpc) is 2.83. The minimum atomic E-state index is 0.840. The Morgan fingerprint density at radius 2 is 1.61 bits per heavy atom. The van der Waals surface area contributed by atoms with Crippen LogP contribution in [-0.2, 0) is 13.0 Å². The van der Waals surface area contributed by atoms with Gasteiger partial charge in [-0.15, -0.1) is 0 Å². The molecular weight excluding hydrogens is 398 g/mol. The van der Waals surface area contributed by atoms with E-state index in [1.165, 1.54) is 54.3 Å². The summed E-state index contributed by atoms with van der Waals surface area (Å²) < 4.78 is 0. The third-order valence-corrected chi connectivity index (χ3v) is 6.60. The van der Waals surface area contributed by atoms with E-state index in [0.717, 1.165) is 37.7 Å². The van der Waals surface area contributed by atoms with E-state index in [-0.39, 0.29) is 0 Å². The maximum atomic E-state index is 5.88. The van der Waals surface area contributed by atoms with Gasteiger partial charge in [-0.25, -0.2) is 0 Å². The van der Waals surface area contributed by atoms with E-state index in [2.05, 4.69) is 87.9 Å². The van der Waals surface area contributed by atoms with E-state index in [1.54, 1.807) is 0 Å². The average molecular weight is 432 g/mol. The van der Waals surface area contributed by atoms with E-state index in [9.17, 15) is 0 Å². The number of nitrogens with zero attached hydrogens (tertiary/aromatic N) is 2. The summed E-state index contributed by atoms with van der Waals surface area (Å²) in [5.41, 5.74) is 2.68. The van der Waals surface area contributed by atoms with Crippen LogP contribution in [0.1, 0.15) is 30.4 Å². The Kier molecular flexibility index (Phi) is 7.92. The standard InChI is InChI=1S/C27H33N3S/c31-27(28-17-16-23-10-3-1-4-11-23)30(21-20-29-18-7-2-8-19-29)22-25-14-9-13-24-12-5-6-15-26(24)25/h1,3-6,9-15H,2,7-8,16-22H2,(H,28,31). The van der Waals surface area contributed by atoms with Gasteiger partial charge in [0, 0.05) is 26.2 Å². The van der Waals surface area contributed by atoms with E-state index in [4.69, 9.17) is 12.2 Å². The molecule has 3 nitrogen and oxygen atoms in total. The first-order valence-corrected chi connectivity index (χ1v) is 12.0. The minimum absolute atomic E-state index is 0.840. The number of thiocarbonyl (C=S) groups is 1. The Balaban J connectivity index is 1.43. The topological polar surface area (TPSA) is 18.5 Å². The molecule has 31 heavy (non-hydrogen) atoms. The molecule has 1 N–H and O–H groups in total. The predicted molar refractivity (Wildman–Crippen MR) is 135 cm³/mol. The van der Waals surface area contributed by atoms with Crippen LogP contribution in [0.4, 0.5) is 0 Å². The van der Waals surface area contributed by atoms with Gasteiger partial charge in [-0.2, -0.15) is 0 Å². The van der Waals surface area contributed by atoms with Gasteiger partial charge in [0.1, 0.15) is 0 Å².